The number of hydrogen-bond acceptors (Lipinski definition) is 2. The molecule has 0 spiro atoms. The second-order valence-corrected chi connectivity index (χ2v) is 6.18. The Labute approximate surface area is 127 Å². The number of carbonyl (C=O) groups is 1. The molecule has 1 aromatic rings. The lowest BCUT2D eigenvalue weighted by atomic mass is 9.86. The van der Waals surface area contributed by atoms with Crippen LogP contribution in [0, 0.1) is 5.41 Å². The molecule has 0 radical (unpaired) electrons. The van der Waals surface area contributed by atoms with Gasteiger partial charge in [0.25, 0.3) is 0 Å². The van der Waals surface area contributed by atoms with Crippen LogP contribution in [0.4, 0.5) is 0 Å². The number of nitrogens with one attached hydrogen (secondary N) is 1. The molecule has 3 heteroatoms. The fourth-order valence-electron chi connectivity index (χ4n) is 2.93. The van der Waals surface area contributed by atoms with Crippen LogP contribution in [-0.4, -0.2) is 23.7 Å². The molecule has 21 heavy (non-hydrogen) atoms. The number of amides is 1. The first-order valence-electron chi connectivity index (χ1n) is 7.76. The summed E-state index contributed by atoms with van der Waals surface area (Å²) in [5, 5.41) is 12.6. The van der Waals surface area contributed by atoms with Gasteiger partial charge in [-0.25, -0.2) is 0 Å². The van der Waals surface area contributed by atoms with Gasteiger partial charge in [0.05, 0.1) is 6.61 Å². The minimum absolute atomic E-state index is 0.0827. The van der Waals surface area contributed by atoms with Crippen LogP contribution in [0.5, 0.6) is 0 Å². The van der Waals surface area contributed by atoms with Crippen molar-refractivity contribution in [2.24, 2.45) is 5.41 Å². The molecule has 2 unspecified atom stereocenters. The zero-order valence-electron chi connectivity index (χ0n) is 12.7. The maximum atomic E-state index is 12.0. The molecule has 1 fully saturated rings. The Morgan fingerprint density at radius 2 is 2.19 bits per heavy atom. The fraction of sp³-hybridized carbons (Fsp3) is 0.500. The van der Waals surface area contributed by atoms with Crippen molar-refractivity contribution in [1.29, 1.82) is 0 Å². The summed E-state index contributed by atoms with van der Waals surface area (Å²) >= 11 is 0. The second-order valence-electron chi connectivity index (χ2n) is 6.18. The molecule has 0 aliphatic heterocycles. The van der Waals surface area contributed by atoms with Crippen molar-refractivity contribution in [3.63, 3.8) is 0 Å². The molecule has 114 valence electrons. The normalized spacial score (nSPS) is 25.3. The number of benzene rings is 1. The van der Waals surface area contributed by atoms with E-state index in [2.05, 4.69) is 12.2 Å². The predicted molar refractivity (Wildman–Crippen MR) is 85.7 cm³/mol. The molecule has 1 aliphatic rings. The Morgan fingerprint density at radius 1 is 1.43 bits per heavy atom. The molecule has 2 rings (SSSR count). The Hall–Kier alpha value is -1.61. The largest absolute Gasteiger partial charge is 0.396 e. The van der Waals surface area contributed by atoms with Crippen molar-refractivity contribution in [1.82, 2.24) is 5.32 Å². The third-order valence-electron chi connectivity index (χ3n) is 4.43. The molecule has 1 aliphatic carbocycles. The van der Waals surface area contributed by atoms with Crippen molar-refractivity contribution >= 4 is 12.0 Å². The van der Waals surface area contributed by atoms with Crippen LogP contribution in [0.3, 0.4) is 0 Å². The highest BCUT2D eigenvalue weighted by atomic mass is 16.3. The summed E-state index contributed by atoms with van der Waals surface area (Å²) in [6.07, 6.45) is 8.36. The lowest BCUT2D eigenvalue weighted by molar-refractivity contribution is -0.122. The first-order valence-corrected chi connectivity index (χ1v) is 7.76. The molecule has 2 N–H and O–H groups in total. The average molecular weight is 287 g/mol. The third kappa shape index (κ3) is 4.43. The summed E-state index contributed by atoms with van der Waals surface area (Å²) in [5.41, 5.74) is 1.01. The molecule has 0 saturated heterocycles. The molecule has 1 amide bonds. The maximum Gasteiger partial charge on any atom is 0.220 e. The third-order valence-corrected chi connectivity index (χ3v) is 4.43. The van der Waals surface area contributed by atoms with Crippen molar-refractivity contribution in [3.8, 4) is 0 Å². The summed E-state index contributed by atoms with van der Waals surface area (Å²) < 4.78 is 0. The van der Waals surface area contributed by atoms with Crippen molar-refractivity contribution in [2.45, 2.75) is 45.1 Å². The molecule has 1 saturated carbocycles. The molecule has 0 bridgehead atoms. The first-order chi connectivity index (χ1) is 10.1. The van der Waals surface area contributed by atoms with E-state index in [1.54, 1.807) is 0 Å². The summed E-state index contributed by atoms with van der Waals surface area (Å²) in [7, 11) is 0. The Kier molecular flexibility index (Phi) is 5.57. The van der Waals surface area contributed by atoms with Gasteiger partial charge < -0.3 is 10.4 Å². The Morgan fingerprint density at radius 3 is 2.90 bits per heavy atom. The lowest BCUT2D eigenvalue weighted by Crippen LogP contribution is -2.44. The predicted octanol–water partition coefficient (Wildman–Crippen LogP) is 3.15. The van der Waals surface area contributed by atoms with Crippen LogP contribution in [0.25, 0.3) is 6.08 Å². The van der Waals surface area contributed by atoms with E-state index in [0.29, 0.717) is 6.42 Å². The van der Waals surface area contributed by atoms with Crippen LogP contribution >= 0.6 is 0 Å². The molecule has 0 heterocycles. The summed E-state index contributed by atoms with van der Waals surface area (Å²) in [4.78, 5) is 12.0. The Balaban J connectivity index is 1.74. The van der Waals surface area contributed by atoms with E-state index in [9.17, 15) is 9.90 Å². The highest BCUT2D eigenvalue weighted by Gasteiger charge is 2.38. The second kappa shape index (κ2) is 7.41. The van der Waals surface area contributed by atoms with Gasteiger partial charge in [-0.3, -0.25) is 4.79 Å². The van der Waals surface area contributed by atoms with Gasteiger partial charge in [0.2, 0.25) is 5.91 Å². The van der Waals surface area contributed by atoms with Crippen LogP contribution < -0.4 is 5.32 Å². The van der Waals surface area contributed by atoms with Crippen LogP contribution in [0.1, 0.15) is 44.6 Å². The molecule has 3 nitrogen and oxygen atoms in total. The van der Waals surface area contributed by atoms with E-state index in [1.165, 1.54) is 0 Å². The van der Waals surface area contributed by atoms with E-state index in [1.807, 2.05) is 42.5 Å². The van der Waals surface area contributed by atoms with E-state index < -0.39 is 0 Å². The minimum Gasteiger partial charge on any atom is -0.396 e. The first kappa shape index (κ1) is 15.8. The number of hydrogen-bond donors (Lipinski definition) is 2. The van der Waals surface area contributed by atoms with E-state index in [0.717, 1.165) is 31.2 Å². The summed E-state index contributed by atoms with van der Waals surface area (Å²) in [6, 6.07) is 10.2. The highest BCUT2D eigenvalue weighted by Crippen LogP contribution is 2.37. The quantitative estimate of drug-likeness (QED) is 0.844. The van der Waals surface area contributed by atoms with Crippen LogP contribution in [0.15, 0.2) is 36.4 Å². The van der Waals surface area contributed by atoms with Gasteiger partial charge >= 0.3 is 0 Å². The number of aliphatic hydroxyl groups excluding tert-OH is 1. The van der Waals surface area contributed by atoms with Gasteiger partial charge in [-0.05, 0) is 24.8 Å². The fourth-order valence-corrected chi connectivity index (χ4v) is 2.93. The van der Waals surface area contributed by atoms with Gasteiger partial charge in [0.15, 0.2) is 0 Å². The number of carbonyl (C=O) groups excluding carboxylic acids is 1. The van der Waals surface area contributed by atoms with Crippen molar-refractivity contribution in [2.75, 3.05) is 6.61 Å². The van der Waals surface area contributed by atoms with E-state index in [4.69, 9.17) is 0 Å². The van der Waals surface area contributed by atoms with Gasteiger partial charge in [0.1, 0.15) is 0 Å². The number of rotatable bonds is 6. The van der Waals surface area contributed by atoms with Gasteiger partial charge in [-0.2, -0.15) is 0 Å². The lowest BCUT2D eigenvalue weighted by Gasteiger charge is -2.30. The molecular formula is C18H25NO2. The van der Waals surface area contributed by atoms with Gasteiger partial charge in [-0.1, -0.05) is 55.8 Å². The molecule has 2 atom stereocenters. The molecule has 0 aromatic heterocycles. The SMILES string of the molecule is CC1(CO)CCCC1NC(=O)CC/C=C/c1ccccc1. The van der Waals surface area contributed by atoms with Gasteiger partial charge in [-0.15, -0.1) is 0 Å². The van der Waals surface area contributed by atoms with Crippen molar-refractivity contribution < 1.29 is 9.90 Å². The summed E-state index contributed by atoms with van der Waals surface area (Å²) in [5.74, 6) is 0.0827. The smallest absolute Gasteiger partial charge is 0.220 e. The zero-order valence-corrected chi connectivity index (χ0v) is 12.7. The minimum atomic E-state index is -0.143. The number of aliphatic hydroxyl groups is 1. The molecule has 1 aromatic carbocycles. The summed E-state index contributed by atoms with van der Waals surface area (Å²) in [6.45, 7) is 2.20. The standard InChI is InChI=1S/C18H25NO2/c1-18(14-20)13-7-11-16(18)19-17(21)12-6-5-10-15-8-3-2-4-9-15/h2-5,8-10,16,20H,6-7,11-14H2,1H3,(H,19,21)/b10-5+. The topological polar surface area (TPSA) is 49.3 Å². The zero-order chi connectivity index (χ0) is 15.1. The average Bonchev–Trinajstić information content (AvgIpc) is 2.86. The van der Waals surface area contributed by atoms with Crippen LogP contribution in [-0.2, 0) is 4.79 Å². The maximum absolute atomic E-state index is 12.0. The van der Waals surface area contributed by atoms with Crippen molar-refractivity contribution in [3.05, 3.63) is 42.0 Å². The number of allylic oxidation sites excluding steroid dienone is 1. The highest BCUT2D eigenvalue weighted by molar-refractivity contribution is 5.76. The Bertz CT molecular complexity index is 483. The van der Waals surface area contributed by atoms with E-state index in [-0.39, 0.29) is 24.0 Å². The van der Waals surface area contributed by atoms with Gasteiger partial charge in [0, 0.05) is 17.9 Å². The molecular weight excluding hydrogens is 262 g/mol. The van der Waals surface area contributed by atoms with E-state index >= 15 is 0 Å². The van der Waals surface area contributed by atoms with Crippen LogP contribution in [0.2, 0.25) is 0 Å². The monoisotopic (exact) mass is 287 g/mol.